The fourth-order valence-corrected chi connectivity index (χ4v) is 4.27. The van der Waals surface area contributed by atoms with Crippen LogP contribution in [0.25, 0.3) is 11.5 Å². The first-order chi connectivity index (χ1) is 14.8. The van der Waals surface area contributed by atoms with Gasteiger partial charge in [-0.2, -0.15) is 4.72 Å². The molecular weight excluding hydrogens is 424 g/mol. The predicted octanol–water partition coefficient (Wildman–Crippen LogP) is 4.39. The van der Waals surface area contributed by atoms with Crippen LogP contribution in [0.5, 0.6) is 0 Å². The standard InChI is InChI=1S/C22H17F2N3O3S/c1-14-13-16(11-12-18(14)23)31(28,29)27-20(17-9-5-6-10-19(17)24)22-26-25-21(30-22)15-7-3-2-4-8-15/h2-13,20,27H,1H3. The van der Waals surface area contributed by atoms with Crippen LogP contribution in [0.15, 0.2) is 82.1 Å². The van der Waals surface area contributed by atoms with Gasteiger partial charge in [0.05, 0.1) is 4.90 Å². The van der Waals surface area contributed by atoms with Crippen LogP contribution in [-0.4, -0.2) is 18.6 Å². The van der Waals surface area contributed by atoms with Gasteiger partial charge in [-0.3, -0.25) is 0 Å². The number of hydrogen-bond donors (Lipinski definition) is 1. The summed E-state index contributed by atoms with van der Waals surface area (Å²) in [5.41, 5.74) is 0.799. The molecular formula is C22H17F2N3O3S. The van der Waals surface area contributed by atoms with Crippen molar-refractivity contribution in [1.82, 2.24) is 14.9 Å². The van der Waals surface area contributed by atoms with Crippen LogP contribution in [0.2, 0.25) is 0 Å². The summed E-state index contributed by atoms with van der Waals surface area (Å²) >= 11 is 0. The van der Waals surface area contributed by atoms with Crippen molar-refractivity contribution < 1.29 is 21.6 Å². The van der Waals surface area contributed by atoms with Gasteiger partial charge in [0, 0.05) is 11.1 Å². The van der Waals surface area contributed by atoms with Gasteiger partial charge in [-0.15, -0.1) is 10.2 Å². The van der Waals surface area contributed by atoms with Gasteiger partial charge in [0.1, 0.15) is 17.7 Å². The van der Waals surface area contributed by atoms with E-state index in [0.717, 1.165) is 12.1 Å². The Morgan fingerprint density at radius 1 is 0.903 bits per heavy atom. The maximum atomic E-state index is 14.6. The van der Waals surface area contributed by atoms with Gasteiger partial charge in [0.25, 0.3) is 0 Å². The number of hydrogen-bond acceptors (Lipinski definition) is 5. The summed E-state index contributed by atoms with van der Waals surface area (Å²) in [7, 11) is -4.18. The van der Waals surface area contributed by atoms with Gasteiger partial charge in [0.15, 0.2) is 0 Å². The van der Waals surface area contributed by atoms with E-state index < -0.39 is 27.7 Å². The molecule has 0 saturated heterocycles. The summed E-state index contributed by atoms with van der Waals surface area (Å²) in [6.07, 6.45) is 0. The highest BCUT2D eigenvalue weighted by molar-refractivity contribution is 7.89. The SMILES string of the molecule is Cc1cc(S(=O)(=O)NC(c2nnc(-c3ccccc3)o2)c2ccccc2F)ccc1F. The Bertz CT molecular complexity index is 1320. The maximum absolute atomic E-state index is 14.6. The number of halogens is 2. The van der Waals surface area contributed by atoms with E-state index in [1.807, 2.05) is 6.07 Å². The van der Waals surface area contributed by atoms with Crippen LogP contribution in [0.3, 0.4) is 0 Å². The second-order valence-corrected chi connectivity index (χ2v) is 8.51. The van der Waals surface area contributed by atoms with Crippen LogP contribution in [0, 0.1) is 18.6 Å². The molecule has 4 aromatic rings. The lowest BCUT2D eigenvalue weighted by Gasteiger charge is -2.17. The Balaban J connectivity index is 1.76. The summed E-state index contributed by atoms with van der Waals surface area (Å²) < 4.78 is 62.3. The third-order valence-electron chi connectivity index (χ3n) is 4.64. The van der Waals surface area contributed by atoms with Crippen molar-refractivity contribution in [3.63, 3.8) is 0 Å². The molecule has 1 atom stereocenters. The first kappa shape index (κ1) is 20.8. The fraction of sp³-hybridized carbons (Fsp3) is 0.0909. The molecule has 1 aromatic heterocycles. The second-order valence-electron chi connectivity index (χ2n) is 6.80. The Morgan fingerprint density at radius 2 is 1.61 bits per heavy atom. The molecule has 4 rings (SSSR count). The first-order valence-electron chi connectivity index (χ1n) is 9.27. The monoisotopic (exact) mass is 441 g/mol. The molecule has 0 aliphatic carbocycles. The minimum Gasteiger partial charge on any atom is -0.419 e. The van der Waals surface area contributed by atoms with Gasteiger partial charge in [-0.25, -0.2) is 17.2 Å². The molecule has 0 amide bonds. The highest BCUT2D eigenvalue weighted by atomic mass is 32.2. The topological polar surface area (TPSA) is 85.1 Å². The molecule has 158 valence electrons. The Morgan fingerprint density at radius 3 is 2.32 bits per heavy atom. The van der Waals surface area contributed by atoms with E-state index in [2.05, 4.69) is 14.9 Å². The van der Waals surface area contributed by atoms with E-state index in [1.165, 1.54) is 31.2 Å². The highest BCUT2D eigenvalue weighted by Gasteiger charge is 2.29. The quantitative estimate of drug-likeness (QED) is 0.480. The maximum Gasteiger partial charge on any atom is 0.247 e. The lowest BCUT2D eigenvalue weighted by atomic mass is 10.1. The average Bonchev–Trinajstić information content (AvgIpc) is 3.25. The van der Waals surface area contributed by atoms with E-state index in [9.17, 15) is 17.2 Å². The zero-order chi connectivity index (χ0) is 22.0. The van der Waals surface area contributed by atoms with Crippen molar-refractivity contribution in [3.8, 4) is 11.5 Å². The van der Waals surface area contributed by atoms with E-state index in [1.54, 1.807) is 30.3 Å². The number of sulfonamides is 1. The number of aryl methyl sites for hydroxylation is 1. The van der Waals surface area contributed by atoms with E-state index >= 15 is 0 Å². The Labute approximate surface area is 177 Å². The number of rotatable bonds is 6. The molecule has 1 unspecified atom stereocenters. The largest absolute Gasteiger partial charge is 0.419 e. The molecule has 3 aromatic carbocycles. The van der Waals surface area contributed by atoms with Crippen LogP contribution >= 0.6 is 0 Å². The minimum absolute atomic E-state index is 0.00757. The molecule has 0 radical (unpaired) electrons. The molecule has 1 heterocycles. The first-order valence-corrected chi connectivity index (χ1v) is 10.8. The van der Waals surface area contributed by atoms with E-state index in [4.69, 9.17) is 4.42 Å². The van der Waals surface area contributed by atoms with Crippen LogP contribution in [0.1, 0.15) is 23.1 Å². The lowest BCUT2D eigenvalue weighted by Crippen LogP contribution is -2.30. The zero-order valence-electron chi connectivity index (χ0n) is 16.3. The van der Waals surface area contributed by atoms with Crippen molar-refractivity contribution in [2.24, 2.45) is 0 Å². The van der Waals surface area contributed by atoms with Gasteiger partial charge in [0.2, 0.25) is 21.8 Å². The lowest BCUT2D eigenvalue weighted by molar-refractivity contribution is 0.455. The summed E-state index contributed by atoms with van der Waals surface area (Å²) in [5.74, 6) is -1.15. The number of aromatic nitrogens is 2. The normalized spacial score (nSPS) is 12.6. The van der Waals surface area contributed by atoms with Crippen molar-refractivity contribution in [2.75, 3.05) is 0 Å². The summed E-state index contributed by atoms with van der Waals surface area (Å²) in [6, 6.07) is 16.7. The van der Waals surface area contributed by atoms with Gasteiger partial charge >= 0.3 is 0 Å². The molecule has 0 saturated carbocycles. The highest BCUT2D eigenvalue weighted by Crippen LogP contribution is 2.28. The third-order valence-corrected chi connectivity index (χ3v) is 6.06. The smallest absolute Gasteiger partial charge is 0.247 e. The summed E-state index contributed by atoms with van der Waals surface area (Å²) in [6.45, 7) is 1.45. The number of nitrogens with one attached hydrogen (secondary N) is 1. The third kappa shape index (κ3) is 4.37. The summed E-state index contributed by atoms with van der Waals surface area (Å²) in [4.78, 5) is -0.171. The van der Waals surface area contributed by atoms with Crippen LogP contribution in [-0.2, 0) is 10.0 Å². The average molecular weight is 441 g/mol. The second kappa shape index (κ2) is 8.37. The molecule has 0 aliphatic heterocycles. The Hall–Kier alpha value is -3.43. The molecule has 9 heteroatoms. The zero-order valence-corrected chi connectivity index (χ0v) is 17.1. The summed E-state index contributed by atoms with van der Waals surface area (Å²) in [5, 5.41) is 7.92. The van der Waals surface area contributed by atoms with Crippen LogP contribution in [0.4, 0.5) is 8.78 Å². The molecule has 1 N–H and O–H groups in total. The van der Waals surface area contributed by atoms with Gasteiger partial charge in [-0.05, 0) is 48.9 Å². The van der Waals surface area contributed by atoms with E-state index in [0.29, 0.717) is 5.56 Å². The molecule has 6 nitrogen and oxygen atoms in total. The molecule has 0 bridgehead atoms. The molecule has 0 spiro atoms. The molecule has 0 fully saturated rings. The molecule has 0 aliphatic rings. The van der Waals surface area contributed by atoms with E-state index in [-0.39, 0.29) is 27.8 Å². The minimum atomic E-state index is -4.18. The fourth-order valence-electron chi connectivity index (χ4n) is 3.01. The number of nitrogens with zero attached hydrogens (tertiary/aromatic N) is 2. The Kier molecular flexibility index (Phi) is 5.62. The van der Waals surface area contributed by atoms with Crippen molar-refractivity contribution in [2.45, 2.75) is 17.9 Å². The predicted molar refractivity (Wildman–Crippen MR) is 109 cm³/mol. The van der Waals surface area contributed by atoms with Crippen molar-refractivity contribution in [3.05, 3.63) is 101 Å². The molecule has 31 heavy (non-hydrogen) atoms. The van der Waals surface area contributed by atoms with Crippen molar-refractivity contribution >= 4 is 10.0 Å². The van der Waals surface area contributed by atoms with Gasteiger partial charge in [-0.1, -0.05) is 36.4 Å². The van der Waals surface area contributed by atoms with Crippen LogP contribution < -0.4 is 4.72 Å². The van der Waals surface area contributed by atoms with Crippen molar-refractivity contribution in [1.29, 1.82) is 0 Å². The number of benzene rings is 3. The van der Waals surface area contributed by atoms with Gasteiger partial charge < -0.3 is 4.42 Å².